The molecular weight excluding hydrogens is 180 g/mol. The highest BCUT2D eigenvalue weighted by Crippen LogP contribution is 2.25. The van der Waals surface area contributed by atoms with Crippen LogP contribution in [0.3, 0.4) is 0 Å². The first kappa shape index (κ1) is 10.2. The zero-order valence-corrected chi connectivity index (χ0v) is 9.33. The van der Waals surface area contributed by atoms with Crippen molar-refractivity contribution in [3.8, 4) is 6.07 Å². The molecule has 1 rings (SSSR count). The van der Waals surface area contributed by atoms with Gasteiger partial charge < -0.3 is 0 Å². The number of hydrogen-bond acceptors (Lipinski definition) is 3. The second-order valence-electron chi connectivity index (χ2n) is 3.92. The molecule has 0 fully saturated rings. The summed E-state index contributed by atoms with van der Waals surface area (Å²) in [6, 6.07) is 2.29. The number of nitriles is 1. The highest BCUT2D eigenvalue weighted by molar-refractivity contribution is 7.11. The van der Waals surface area contributed by atoms with Gasteiger partial charge in [-0.25, -0.2) is 4.98 Å². The molecule has 1 heterocycles. The van der Waals surface area contributed by atoms with Crippen LogP contribution >= 0.6 is 11.3 Å². The van der Waals surface area contributed by atoms with Crippen molar-refractivity contribution in [2.75, 3.05) is 0 Å². The largest absolute Gasteiger partial charge is 0.246 e. The van der Waals surface area contributed by atoms with E-state index >= 15 is 0 Å². The Labute approximate surface area is 83.2 Å². The normalized spacial score (nSPS) is 11.3. The summed E-state index contributed by atoms with van der Waals surface area (Å²) in [7, 11) is 0. The van der Waals surface area contributed by atoms with Crippen LogP contribution in [0.25, 0.3) is 0 Å². The first-order valence-electron chi connectivity index (χ1n) is 4.29. The Morgan fingerprint density at radius 1 is 1.46 bits per heavy atom. The van der Waals surface area contributed by atoms with Crippen LogP contribution in [-0.2, 0) is 6.42 Å². The second-order valence-corrected chi connectivity index (χ2v) is 5.21. The highest BCUT2D eigenvalue weighted by atomic mass is 32.1. The molecular formula is C10H14N2S. The molecule has 13 heavy (non-hydrogen) atoms. The minimum absolute atomic E-state index is 0.295. The number of hydrogen-bond donors (Lipinski definition) is 0. The summed E-state index contributed by atoms with van der Waals surface area (Å²) in [5.74, 6) is 0. The van der Waals surface area contributed by atoms with Crippen LogP contribution in [-0.4, -0.2) is 4.98 Å². The molecule has 0 atom stereocenters. The standard InChI is InChI=1S/C10H14N2S/c1-7-8(2)13-9(12-7)5-10(3,4)6-11/h5H2,1-4H3. The van der Waals surface area contributed by atoms with E-state index in [1.54, 1.807) is 11.3 Å². The summed E-state index contributed by atoms with van der Waals surface area (Å²) < 4.78 is 0. The number of rotatable bonds is 2. The van der Waals surface area contributed by atoms with Crippen LogP contribution in [0.2, 0.25) is 0 Å². The third-order valence-electron chi connectivity index (χ3n) is 1.97. The van der Waals surface area contributed by atoms with E-state index in [1.165, 1.54) is 4.88 Å². The lowest BCUT2D eigenvalue weighted by Crippen LogP contribution is -2.11. The van der Waals surface area contributed by atoms with Gasteiger partial charge in [-0.2, -0.15) is 5.26 Å². The maximum absolute atomic E-state index is 8.86. The molecule has 0 N–H and O–H groups in total. The SMILES string of the molecule is Cc1nc(CC(C)(C)C#N)sc1C. The molecule has 0 saturated heterocycles. The zero-order valence-electron chi connectivity index (χ0n) is 8.51. The smallest absolute Gasteiger partial charge is 0.0946 e. The molecule has 0 amide bonds. The Balaban J connectivity index is 2.82. The van der Waals surface area contributed by atoms with E-state index in [4.69, 9.17) is 5.26 Å². The van der Waals surface area contributed by atoms with E-state index in [9.17, 15) is 0 Å². The maximum Gasteiger partial charge on any atom is 0.0946 e. The first-order chi connectivity index (χ1) is 5.94. The number of thiazole rings is 1. The van der Waals surface area contributed by atoms with Crippen LogP contribution < -0.4 is 0 Å². The molecule has 0 bridgehead atoms. The van der Waals surface area contributed by atoms with Gasteiger partial charge in [0.1, 0.15) is 0 Å². The fourth-order valence-electron chi connectivity index (χ4n) is 1.03. The summed E-state index contributed by atoms with van der Waals surface area (Å²) in [5, 5.41) is 9.93. The fourth-order valence-corrected chi connectivity index (χ4v) is 2.19. The quantitative estimate of drug-likeness (QED) is 0.726. The second kappa shape index (κ2) is 3.47. The first-order valence-corrected chi connectivity index (χ1v) is 5.10. The Bertz CT molecular complexity index is 325. The van der Waals surface area contributed by atoms with Crippen molar-refractivity contribution in [3.63, 3.8) is 0 Å². The predicted molar refractivity (Wildman–Crippen MR) is 54.7 cm³/mol. The van der Waals surface area contributed by atoms with Crippen molar-refractivity contribution in [1.82, 2.24) is 4.98 Å². The van der Waals surface area contributed by atoms with E-state index in [0.717, 1.165) is 17.1 Å². The predicted octanol–water partition coefficient (Wildman–Crippen LogP) is 2.85. The van der Waals surface area contributed by atoms with E-state index in [2.05, 4.69) is 18.0 Å². The lowest BCUT2D eigenvalue weighted by molar-refractivity contribution is 0.492. The average Bonchev–Trinajstić information content (AvgIpc) is 2.30. The maximum atomic E-state index is 8.86. The van der Waals surface area contributed by atoms with E-state index in [-0.39, 0.29) is 5.41 Å². The minimum Gasteiger partial charge on any atom is -0.246 e. The third-order valence-corrected chi connectivity index (χ3v) is 3.04. The molecule has 0 aliphatic heterocycles. The van der Waals surface area contributed by atoms with E-state index in [0.29, 0.717) is 0 Å². The number of aromatic nitrogens is 1. The van der Waals surface area contributed by atoms with Gasteiger partial charge in [0.25, 0.3) is 0 Å². The molecule has 2 nitrogen and oxygen atoms in total. The van der Waals surface area contributed by atoms with Crippen molar-refractivity contribution in [2.24, 2.45) is 5.41 Å². The van der Waals surface area contributed by atoms with Gasteiger partial charge in [-0.3, -0.25) is 0 Å². The molecule has 0 spiro atoms. The van der Waals surface area contributed by atoms with Gasteiger partial charge in [-0.1, -0.05) is 0 Å². The Hall–Kier alpha value is -0.880. The van der Waals surface area contributed by atoms with Gasteiger partial charge in [0.05, 0.1) is 22.2 Å². The summed E-state index contributed by atoms with van der Waals surface area (Å²) >= 11 is 1.69. The van der Waals surface area contributed by atoms with Crippen LogP contribution in [0.5, 0.6) is 0 Å². The van der Waals surface area contributed by atoms with Crippen molar-refractivity contribution in [1.29, 1.82) is 5.26 Å². The molecule has 0 aliphatic rings. The molecule has 0 radical (unpaired) electrons. The van der Waals surface area contributed by atoms with Gasteiger partial charge in [0.15, 0.2) is 0 Å². The highest BCUT2D eigenvalue weighted by Gasteiger charge is 2.19. The van der Waals surface area contributed by atoms with Crippen molar-refractivity contribution >= 4 is 11.3 Å². The van der Waals surface area contributed by atoms with Gasteiger partial charge in [-0.15, -0.1) is 11.3 Å². The molecule has 70 valence electrons. The van der Waals surface area contributed by atoms with Crippen LogP contribution in [0, 0.1) is 30.6 Å². The van der Waals surface area contributed by atoms with Gasteiger partial charge >= 0.3 is 0 Å². The monoisotopic (exact) mass is 194 g/mol. The summed E-state index contributed by atoms with van der Waals surface area (Å²) in [6.07, 6.45) is 0.753. The summed E-state index contributed by atoms with van der Waals surface area (Å²) in [6.45, 7) is 7.96. The van der Waals surface area contributed by atoms with Crippen molar-refractivity contribution in [2.45, 2.75) is 34.1 Å². The zero-order chi connectivity index (χ0) is 10.1. The molecule has 0 aliphatic carbocycles. The molecule has 0 saturated carbocycles. The Morgan fingerprint density at radius 2 is 2.08 bits per heavy atom. The topological polar surface area (TPSA) is 36.7 Å². The third kappa shape index (κ3) is 2.53. The molecule has 0 unspecified atom stereocenters. The van der Waals surface area contributed by atoms with Crippen LogP contribution in [0.4, 0.5) is 0 Å². The lowest BCUT2D eigenvalue weighted by Gasteiger charge is -2.11. The Kier molecular flexibility index (Phi) is 2.72. The van der Waals surface area contributed by atoms with Crippen molar-refractivity contribution in [3.05, 3.63) is 15.6 Å². The van der Waals surface area contributed by atoms with E-state index < -0.39 is 0 Å². The number of aryl methyl sites for hydroxylation is 2. The summed E-state index contributed by atoms with van der Waals surface area (Å²) in [4.78, 5) is 5.66. The van der Waals surface area contributed by atoms with Crippen LogP contribution in [0.15, 0.2) is 0 Å². The lowest BCUT2D eigenvalue weighted by atomic mass is 9.92. The molecule has 1 aromatic heterocycles. The summed E-state index contributed by atoms with van der Waals surface area (Å²) in [5.41, 5.74) is 0.797. The molecule has 1 aromatic rings. The minimum atomic E-state index is -0.295. The van der Waals surface area contributed by atoms with Gasteiger partial charge in [0.2, 0.25) is 0 Å². The number of nitrogens with zero attached hydrogens (tertiary/aromatic N) is 2. The fraction of sp³-hybridized carbons (Fsp3) is 0.600. The van der Waals surface area contributed by atoms with Gasteiger partial charge in [0, 0.05) is 11.3 Å². The van der Waals surface area contributed by atoms with Gasteiger partial charge in [-0.05, 0) is 27.7 Å². The Morgan fingerprint density at radius 3 is 2.46 bits per heavy atom. The molecule has 3 heteroatoms. The van der Waals surface area contributed by atoms with Crippen molar-refractivity contribution < 1.29 is 0 Å². The van der Waals surface area contributed by atoms with E-state index in [1.807, 2.05) is 20.8 Å². The average molecular weight is 194 g/mol. The molecule has 0 aromatic carbocycles. The van der Waals surface area contributed by atoms with Crippen LogP contribution in [0.1, 0.15) is 29.4 Å².